The summed E-state index contributed by atoms with van der Waals surface area (Å²) in [6.45, 7) is 4.57. The Morgan fingerprint density at radius 3 is 2.33 bits per heavy atom. The zero-order valence-electron chi connectivity index (χ0n) is 15.4. The van der Waals surface area contributed by atoms with Gasteiger partial charge in [0, 0.05) is 5.69 Å². The van der Waals surface area contributed by atoms with Crippen molar-refractivity contribution in [1.29, 1.82) is 0 Å². The van der Waals surface area contributed by atoms with Crippen LogP contribution < -0.4 is 10.0 Å². The van der Waals surface area contributed by atoms with Crippen molar-refractivity contribution in [2.24, 2.45) is 0 Å². The number of anilines is 1. The molecule has 8 heteroatoms. The van der Waals surface area contributed by atoms with Crippen LogP contribution in [0.2, 0.25) is 0 Å². The number of aryl methyl sites for hydroxylation is 2. The highest BCUT2D eigenvalue weighted by Crippen LogP contribution is 2.11. The van der Waals surface area contributed by atoms with E-state index in [1.54, 1.807) is 30.3 Å². The van der Waals surface area contributed by atoms with E-state index in [-0.39, 0.29) is 4.90 Å². The van der Waals surface area contributed by atoms with Crippen molar-refractivity contribution in [1.82, 2.24) is 4.72 Å². The molecule has 0 saturated heterocycles. The van der Waals surface area contributed by atoms with Crippen molar-refractivity contribution in [3.05, 3.63) is 59.7 Å². The number of sulfonamides is 1. The Morgan fingerprint density at radius 2 is 1.70 bits per heavy atom. The number of rotatable bonds is 7. The number of carbonyl (C=O) groups is 2. The van der Waals surface area contributed by atoms with Gasteiger partial charge in [0.05, 0.1) is 4.90 Å². The van der Waals surface area contributed by atoms with Gasteiger partial charge >= 0.3 is 5.97 Å². The Kier molecular flexibility index (Phi) is 6.70. The summed E-state index contributed by atoms with van der Waals surface area (Å²) in [5.41, 5.74) is 2.48. The normalized spacial score (nSPS) is 12.3. The second kappa shape index (κ2) is 8.79. The van der Waals surface area contributed by atoms with Crippen LogP contribution in [0.15, 0.2) is 53.4 Å². The van der Waals surface area contributed by atoms with Crippen LogP contribution in [-0.4, -0.2) is 32.9 Å². The summed E-state index contributed by atoms with van der Waals surface area (Å²) in [4.78, 5) is 24.0. The lowest BCUT2D eigenvalue weighted by molar-refractivity contribution is -0.151. The summed E-state index contributed by atoms with van der Waals surface area (Å²) < 4.78 is 31.4. The summed E-state index contributed by atoms with van der Waals surface area (Å²) in [5.74, 6) is -1.35. The van der Waals surface area contributed by atoms with Gasteiger partial charge in [-0.2, -0.15) is 4.72 Å². The highest BCUT2D eigenvalue weighted by molar-refractivity contribution is 7.89. The SMILES string of the molecule is Cc1ccc(S(=O)(=O)NCC(=O)O[C@@H](C)C(=O)Nc2cccc(C)c2)cc1. The van der Waals surface area contributed by atoms with E-state index >= 15 is 0 Å². The second-order valence-corrected chi connectivity index (χ2v) is 7.90. The number of amides is 1. The molecule has 2 N–H and O–H groups in total. The molecule has 144 valence electrons. The number of carbonyl (C=O) groups excluding carboxylic acids is 2. The number of benzene rings is 2. The van der Waals surface area contributed by atoms with Crippen molar-refractivity contribution in [3.8, 4) is 0 Å². The van der Waals surface area contributed by atoms with Crippen LogP contribution in [0.4, 0.5) is 5.69 Å². The maximum absolute atomic E-state index is 12.1. The average molecular weight is 390 g/mol. The van der Waals surface area contributed by atoms with Gasteiger partial charge in [0.25, 0.3) is 5.91 Å². The van der Waals surface area contributed by atoms with Gasteiger partial charge in [-0.15, -0.1) is 0 Å². The summed E-state index contributed by atoms with van der Waals surface area (Å²) in [6.07, 6.45) is -1.07. The van der Waals surface area contributed by atoms with Gasteiger partial charge in [0.1, 0.15) is 6.54 Å². The minimum Gasteiger partial charge on any atom is -0.452 e. The first-order valence-electron chi connectivity index (χ1n) is 8.31. The van der Waals surface area contributed by atoms with E-state index in [9.17, 15) is 18.0 Å². The number of hydrogen-bond acceptors (Lipinski definition) is 5. The van der Waals surface area contributed by atoms with E-state index < -0.39 is 34.5 Å². The molecule has 27 heavy (non-hydrogen) atoms. The molecule has 0 bridgehead atoms. The highest BCUT2D eigenvalue weighted by Gasteiger charge is 2.20. The largest absolute Gasteiger partial charge is 0.452 e. The lowest BCUT2D eigenvalue weighted by Crippen LogP contribution is -2.35. The molecule has 2 aromatic rings. The molecule has 7 nitrogen and oxygen atoms in total. The van der Waals surface area contributed by atoms with Crippen LogP contribution in [-0.2, 0) is 24.3 Å². The standard InChI is InChI=1S/C19H22N2O5S/c1-13-7-9-17(10-8-13)27(24,25)20-12-18(22)26-15(3)19(23)21-16-6-4-5-14(2)11-16/h4-11,15,20H,12H2,1-3H3,(H,21,23)/t15-/m0/s1. The van der Waals surface area contributed by atoms with Crippen molar-refractivity contribution < 1.29 is 22.7 Å². The van der Waals surface area contributed by atoms with Gasteiger partial charge in [0.15, 0.2) is 6.10 Å². The lowest BCUT2D eigenvalue weighted by atomic mass is 10.2. The number of esters is 1. The minimum absolute atomic E-state index is 0.0474. The summed E-state index contributed by atoms with van der Waals surface area (Å²) in [6, 6.07) is 13.4. The molecule has 0 unspecified atom stereocenters. The van der Waals surface area contributed by atoms with E-state index in [2.05, 4.69) is 10.0 Å². The first kappa shape index (κ1) is 20.6. The van der Waals surface area contributed by atoms with Crippen LogP contribution in [0.3, 0.4) is 0 Å². The molecular weight excluding hydrogens is 368 g/mol. The molecule has 1 atom stereocenters. The Morgan fingerprint density at radius 1 is 1.04 bits per heavy atom. The quantitative estimate of drug-likeness (QED) is 0.706. The van der Waals surface area contributed by atoms with Gasteiger partial charge in [0.2, 0.25) is 10.0 Å². The van der Waals surface area contributed by atoms with E-state index in [1.807, 2.05) is 19.9 Å². The van der Waals surface area contributed by atoms with Gasteiger partial charge in [-0.25, -0.2) is 8.42 Å². The number of nitrogens with one attached hydrogen (secondary N) is 2. The fraction of sp³-hybridized carbons (Fsp3) is 0.263. The van der Waals surface area contributed by atoms with Crippen LogP contribution in [0, 0.1) is 13.8 Å². The monoisotopic (exact) mass is 390 g/mol. The van der Waals surface area contributed by atoms with Gasteiger partial charge in [-0.3, -0.25) is 9.59 Å². The van der Waals surface area contributed by atoms with Gasteiger partial charge < -0.3 is 10.1 Å². The van der Waals surface area contributed by atoms with E-state index in [1.165, 1.54) is 19.1 Å². The minimum atomic E-state index is -3.83. The third-order valence-electron chi connectivity index (χ3n) is 3.70. The fourth-order valence-corrected chi connectivity index (χ4v) is 3.18. The molecule has 0 saturated carbocycles. The van der Waals surface area contributed by atoms with Crippen molar-refractivity contribution >= 4 is 27.6 Å². The molecule has 0 radical (unpaired) electrons. The zero-order chi connectivity index (χ0) is 20.0. The van der Waals surface area contributed by atoms with Crippen LogP contribution in [0.5, 0.6) is 0 Å². The molecule has 0 spiro atoms. The number of ether oxygens (including phenoxy) is 1. The lowest BCUT2D eigenvalue weighted by Gasteiger charge is -2.14. The Hall–Kier alpha value is -2.71. The molecule has 0 aromatic heterocycles. The molecular formula is C19H22N2O5S. The Labute approximate surface area is 158 Å². The van der Waals surface area contributed by atoms with Crippen molar-refractivity contribution in [2.75, 3.05) is 11.9 Å². The topological polar surface area (TPSA) is 102 Å². The van der Waals surface area contributed by atoms with Crippen LogP contribution in [0.1, 0.15) is 18.1 Å². The van der Waals surface area contributed by atoms with E-state index in [0.717, 1.165) is 11.1 Å². The summed E-state index contributed by atoms with van der Waals surface area (Å²) >= 11 is 0. The smallest absolute Gasteiger partial charge is 0.321 e. The first-order chi connectivity index (χ1) is 12.7. The third kappa shape index (κ3) is 6.19. The third-order valence-corrected chi connectivity index (χ3v) is 5.12. The van der Waals surface area contributed by atoms with Crippen LogP contribution >= 0.6 is 0 Å². The predicted octanol–water partition coefficient (Wildman–Crippen LogP) is 2.15. The Bertz CT molecular complexity index is 923. The highest BCUT2D eigenvalue weighted by atomic mass is 32.2. The Balaban J connectivity index is 1.87. The number of hydrogen-bond donors (Lipinski definition) is 2. The van der Waals surface area contributed by atoms with Crippen molar-refractivity contribution in [3.63, 3.8) is 0 Å². The first-order valence-corrected chi connectivity index (χ1v) is 9.79. The predicted molar refractivity (Wildman–Crippen MR) is 102 cm³/mol. The van der Waals surface area contributed by atoms with Gasteiger partial charge in [-0.1, -0.05) is 29.8 Å². The second-order valence-electron chi connectivity index (χ2n) is 6.13. The van der Waals surface area contributed by atoms with Crippen molar-refractivity contribution in [2.45, 2.75) is 31.8 Å². The molecule has 2 rings (SSSR count). The molecule has 0 aliphatic rings. The molecule has 0 aliphatic carbocycles. The zero-order valence-corrected chi connectivity index (χ0v) is 16.2. The molecule has 1 amide bonds. The van der Waals surface area contributed by atoms with Crippen LogP contribution in [0.25, 0.3) is 0 Å². The fourth-order valence-electron chi connectivity index (χ4n) is 2.21. The summed E-state index contributed by atoms with van der Waals surface area (Å²) in [7, 11) is -3.83. The summed E-state index contributed by atoms with van der Waals surface area (Å²) in [5, 5.41) is 2.64. The molecule has 0 aliphatic heterocycles. The molecule has 0 fully saturated rings. The van der Waals surface area contributed by atoms with Gasteiger partial charge in [-0.05, 0) is 50.6 Å². The molecule has 0 heterocycles. The average Bonchev–Trinajstić information content (AvgIpc) is 2.60. The van der Waals surface area contributed by atoms with E-state index in [4.69, 9.17) is 4.74 Å². The maximum Gasteiger partial charge on any atom is 0.321 e. The molecule has 2 aromatic carbocycles. The van der Waals surface area contributed by atoms with E-state index in [0.29, 0.717) is 5.69 Å². The maximum atomic E-state index is 12.1.